The Bertz CT molecular complexity index is 204. The maximum atomic E-state index is 2.46. The van der Waals surface area contributed by atoms with E-state index in [4.69, 9.17) is 0 Å². The Labute approximate surface area is 135 Å². The summed E-state index contributed by atoms with van der Waals surface area (Å²) in [6, 6.07) is 0. The van der Waals surface area contributed by atoms with Crippen LogP contribution in [0.25, 0.3) is 0 Å². The van der Waals surface area contributed by atoms with Crippen molar-refractivity contribution in [2.45, 2.75) is 117 Å². The molecule has 0 aliphatic carbocycles. The van der Waals surface area contributed by atoms with E-state index >= 15 is 0 Å². The summed E-state index contributed by atoms with van der Waals surface area (Å²) < 4.78 is 0. The van der Waals surface area contributed by atoms with Crippen molar-refractivity contribution in [2.24, 2.45) is 5.92 Å². The van der Waals surface area contributed by atoms with Crippen molar-refractivity contribution in [3.63, 3.8) is 0 Å². The summed E-state index contributed by atoms with van der Waals surface area (Å²) in [7, 11) is 0. The summed E-state index contributed by atoms with van der Waals surface area (Å²) in [6.45, 7) is 6.96. The molecular formula is C21H42. The second-order valence-electron chi connectivity index (χ2n) is 6.87. The summed E-state index contributed by atoms with van der Waals surface area (Å²) >= 11 is 0. The van der Waals surface area contributed by atoms with Crippen molar-refractivity contribution in [1.82, 2.24) is 0 Å². The number of rotatable bonds is 16. The molecule has 1 atom stereocenters. The molecule has 0 saturated carbocycles. The van der Waals surface area contributed by atoms with Gasteiger partial charge in [0.25, 0.3) is 0 Å². The van der Waals surface area contributed by atoms with Crippen LogP contribution in [0.2, 0.25) is 0 Å². The lowest BCUT2D eigenvalue weighted by Crippen LogP contribution is -1.90. The summed E-state index contributed by atoms with van der Waals surface area (Å²) in [4.78, 5) is 0. The largest absolute Gasteiger partial charge is 0.0883 e. The second-order valence-corrected chi connectivity index (χ2v) is 6.87. The van der Waals surface area contributed by atoms with Crippen molar-refractivity contribution >= 4 is 0 Å². The predicted molar refractivity (Wildman–Crippen MR) is 98.9 cm³/mol. The quantitative estimate of drug-likeness (QED) is 0.199. The third kappa shape index (κ3) is 17.7. The minimum absolute atomic E-state index is 0.792. The number of hydrogen-bond acceptors (Lipinski definition) is 0. The molecule has 1 unspecified atom stereocenters. The average Bonchev–Trinajstić information content (AvgIpc) is 2.49. The summed E-state index contributed by atoms with van der Waals surface area (Å²) in [5.74, 6) is 0.792. The highest BCUT2D eigenvalue weighted by atomic mass is 14.0. The van der Waals surface area contributed by atoms with E-state index in [-0.39, 0.29) is 0 Å². The highest BCUT2D eigenvalue weighted by molar-refractivity contribution is 4.86. The second kappa shape index (κ2) is 17.8. The Morgan fingerprint density at radius 2 is 1.10 bits per heavy atom. The molecule has 0 aliphatic heterocycles. The van der Waals surface area contributed by atoms with Gasteiger partial charge in [0.1, 0.15) is 0 Å². The van der Waals surface area contributed by atoms with Crippen LogP contribution in [0, 0.1) is 5.92 Å². The molecule has 0 aromatic carbocycles. The molecule has 0 radical (unpaired) electrons. The Morgan fingerprint density at radius 3 is 1.67 bits per heavy atom. The Balaban J connectivity index is 3.23. The van der Waals surface area contributed by atoms with Crippen molar-refractivity contribution < 1.29 is 0 Å². The first kappa shape index (κ1) is 20.7. The van der Waals surface area contributed by atoms with Crippen molar-refractivity contribution in [2.75, 3.05) is 0 Å². The van der Waals surface area contributed by atoms with E-state index in [0.717, 1.165) is 5.92 Å². The lowest BCUT2D eigenvalue weighted by atomic mass is 10.0. The summed E-state index contributed by atoms with van der Waals surface area (Å²) in [6.07, 6.45) is 26.1. The maximum absolute atomic E-state index is 2.46. The fourth-order valence-electron chi connectivity index (χ4n) is 2.89. The van der Waals surface area contributed by atoms with E-state index in [0.29, 0.717) is 0 Å². The molecule has 0 saturated heterocycles. The van der Waals surface area contributed by atoms with Crippen LogP contribution in [0.5, 0.6) is 0 Å². The van der Waals surface area contributed by atoms with E-state index in [2.05, 4.69) is 32.9 Å². The van der Waals surface area contributed by atoms with Crippen molar-refractivity contribution in [1.29, 1.82) is 0 Å². The molecule has 0 aliphatic rings. The number of unbranched alkanes of at least 4 members (excludes halogenated alkanes) is 12. The van der Waals surface area contributed by atoms with Gasteiger partial charge in [-0.15, -0.1) is 0 Å². The van der Waals surface area contributed by atoms with E-state index in [1.807, 2.05) is 0 Å². The fraction of sp³-hybridized carbons (Fsp3) is 0.905. The topological polar surface area (TPSA) is 0 Å². The molecule has 0 heterocycles. The van der Waals surface area contributed by atoms with Crippen LogP contribution in [-0.2, 0) is 0 Å². The van der Waals surface area contributed by atoms with Crippen LogP contribution in [0.15, 0.2) is 12.2 Å². The average molecular weight is 295 g/mol. The molecule has 0 aromatic rings. The zero-order valence-corrected chi connectivity index (χ0v) is 15.3. The zero-order valence-electron chi connectivity index (χ0n) is 15.3. The molecule has 21 heavy (non-hydrogen) atoms. The van der Waals surface area contributed by atoms with E-state index < -0.39 is 0 Å². The van der Waals surface area contributed by atoms with Gasteiger partial charge >= 0.3 is 0 Å². The third-order valence-corrected chi connectivity index (χ3v) is 4.45. The van der Waals surface area contributed by atoms with Crippen LogP contribution < -0.4 is 0 Å². The van der Waals surface area contributed by atoms with Crippen LogP contribution in [0.3, 0.4) is 0 Å². The van der Waals surface area contributed by atoms with Gasteiger partial charge in [-0.3, -0.25) is 0 Å². The molecule has 0 N–H and O–H groups in total. The van der Waals surface area contributed by atoms with Crippen LogP contribution >= 0.6 is 0 Å². The van der Waals surface area contributed by atoms with Gasteiger partial charge in [-0.2, -0.15) is 0 Å². The first-order chi connectivity index (χ1) is 10.3. The SMILES string of the molecule is CCCCCCCC=CC(C)CCCCCCCCCC. The minimum atomic E-state index is 0.792. The van der Waals surface area contributed by atoms with Crippen molar-refractivity contribution in [3.8, 4) is 0 Å². The molecular weight excluding hydrogens is 252 g/mol. The molecule has 0 rings (SSSR count). The van der Waals surface area contributed by atoms with E-state index in [9.17, 15) is 0 Å². The molecule has 0 bridgehead atoms. The van der Waals surface area contributed by atoms with Gasteiger partial charge in [-0.1, -0.05) is 110 Å². The van der Waals surface area contributed by atoms with Gasteiger partial charge in [0.2, 0.25) is 0 Å². The van der Waals surface area contributed by atoms with Crippen LogP contribution in [-0.4, -0.2) is 0 Å². The third-order valence-electron chi connectivity index (χ3n) is 4.45. The number of allylic oxidation sites excluding steroid dienone is 2. The van der Waals surface area contributed by atoms with Gasteiger partial charge in [-0.25, -0.2) is 0 Å². The van der Waals surface area contributed by atoms with Gasteiger partial charge in [-0.05, 0) is 25.2 Å². The summed E-state index contributed by atoms with van der Waals surface area (Å²) in [5.41, 5.74) is 0. The minimum Gasteiger partial charge on any atom is -0.0883 e. The smallest absolute Gasteiger partial charge is 0.0262 e. The van der Waals surface area contributed by atoms with Gasteiger partial charge in [0.05, 0.1) is 0 Å². The standard InChI is InChI=1S/C21H42/c1-4-6-8-10-12-14-16-18-20-21(3)19-17-15-13-11-9-7-5-2/h17,19,21H,4-16,18,20H2,1-3H3. The zero-order chi connectivity index (χ0) is 15.6. The highest BCUT2D eigenvalue weighted by Gasteiger charge is 1.97. The van der Waals surface area contributed by atoms with Crippen LogP contribution in [0.1, 0.15) is 117 Å². The fourth-order valence-corrected chi connectivity index (χ4v) is 2.89. The molecule has 0 aromatic heterocycles. The van der Waals surface area contributed by atoms with Crippen LogP contribution in [0.4, 0.5) is 0 Å². The monoisotopic (exact) mass is 294 g/mol. The molecule has 0 spiro atoms. The first-order valence-corrected chi connectivity index (χ1v) is 9.97. The molecule has 126 valence electrons. The molecule has 0 amide bonds. The van der Waals surface area contributed by atoms with Gasteiger partial charge < -0.3 is 0 Å². The normalized spacial score (nSPS) is 13.1. The van der Waals surface area contributed by atoms with Crippen molar-refractivity contribution in [3.05, 3.63) is 12.2 Å². The molecule has 0 nitrogen and oxygen atoms in total. The van der Waals surface area contributed by atoms with Gasteiger partial charge in [0.15, 0.2) is 0 Å². The lowest BCUT2D eigenvalue weighted by molar-refractivity contribution is 0.532. The number of hydrogen-bond donors (Lipinski definition) is 0. The predicted octanol–water partition coefficient (Wildman–Crippen LogP) is 8.07. The first-order valence-electron chi connectivity index (χ1n) is 9.97. The van der Waals surface area contributed by atoms with Gasteiger partial charge in [0, 0.05) is 0 Å². The highest BCUT2D eigenvalue weighted by Crippen LogP contribution is 2.14. The Kier molecular flexibility index (Phi) is 17.6. The summed E-state index contributed by atoms with van der Waals surface area (Å²) in [5, 5.41) is 0. The Morgan fingerprint density at radius 1 is 0.619 bits per heavy atom. The molecule has 0 fully saturated rings. The lowest BCUT2D eigenvalue weighted by Gasteiger charge is -2.06. The Hall–Kier alpha value is -0.260. The molecule has 0 heteroatoms. The maximum Gasteiger partial charge on any atom is -0.0262 e. The van der Waals surface area contributed by atoms with E-state index in [1.165, 1.54) is 96.3 Å². The van der Waals surface area contributed by atoms with E-state index in [1.54, 1.807) is 0 Å².